The van der Waals surface area contributed by atoms with Crippen LogP contribution in [0.25, 0.3) is 0 Å². The standard InChI is InChI=1S/C15H21NO4/c1-10(15(17)18)6-11-4-5-13(19-3)14(7-11)20-12-8-16(2)9-12/h4-5,7,10,12H,6,8-9H2,1-3H3,(H,17,18). The summed E-state index contributed by atoms with van der Waals surface area (Å²) in [5, 5.41) is 8.97. The van der Waals surface area contributed by atoms with Gasteiger partial charge in [-0.15, -0.1) is 0 Å². The smallest absolute Gasteiger partial charge is 0.306 e. The Morgan fingerprint density at radius 2 is 2.15 bits per heavy atom. The van der Waals surface area contributed by atoms with Gasteiger partial charge in [0.05, 0.1) is 13.0 Å². The molecule has 1 atom stereocenters. The first-order valence-electron chi connectivity index (χ1n) is 6.74. The van der Waals surface area contributed by atoms with Gasteiger partial charge in [0.1, 0.15) is 6.10 Å². The minimum absolute atomic E-state index is 0.182. The molecule has 1 N–H and O–H groups in total. The zero-order chi connectivity index (χ0) is 14.7. The molecule has 0 spiro atoms. The molecule has 0 aliphatic carbocycles. The van der Waals surface area contributed by atoms with Crippen LogP contribution in [0.15, 0.2) is 18.2 Å². The Morgan fingerprint density at radius 3 is 2.70 bits per heavy atom. The second-order valence-electron chi connectivity index (χ2n) is 5.39. The molecule has 0 radical (unpaired) electrons. The number of carbonyl (C=O) groups is 1. The molecule has 1 aromatic rings. The molecule has 2 rings (SSSR count). The lowest BCUT2D eigenvalue weighted by atomic mass is 10.0. The van der Waals surface area contributed by atoms with Crippen molar-refractivity contribution in [1.29, 1.82) is 0 Å². The van der Waals surface area contributed by atoms with Crippen molar-refractivity contribution >= 4 is 5.97 Å². The van der Waals surface area contributed by atoms with Crippen LogP contribution in [0.3, 0.4) is 0 Å². The van der Waals surface area contributed by atoms with E-state index in [1.807, 2.05) is 25.2 Å². The van der Waals surface area contributed by atoms with E-state index in [1.165, 1.54) is 0 Å². The summed E-state index contributed by atoms with van der Waals surface area (Å²) in [6.45, 7) is 3.51. The van der Waals surface area contributed by atoms with Gasteiger partial charge in [0.15, 0.2) is 11.5 Å². The highest BCUT2D eigenvalue weighted by Crippen LogP contribution is 2.31. The van der Waals surface area contributed by atoms with E-state index in [1.54, 1.807) is 14.0 Å². The fourth-order valence-corrected chi connectivity index (χ4v) is 2.28. The average molecular weight is 279 g/mol. The van der Waals surface area contributed by atoms with Gasteiger partial charge in [-0.3, -0.25) is 9.69 Å². The zero-order valence-corrected chi connectivity index (χ0v) is 12.1. The largest absolute Gasteiger partial charge is 0.493 e. The van der Waals surface area contributed by atoms with Crippen molar-refractivity contribution in [2.24, 2.45) is 5.92 Å². The normalized spacial score (nSPS) is 17.4. The van der Waals surface area contributed by atoms with Crippen LogP contribution in [0, 0.1) is 5.92 Å². The van der Waals surface area contributed by atoms with E-state index in [0.29, 0.717) is 17.9 Å². The molecule has 0 aromatic heterocycles. The lowest BCUT2D eigenvalue weighted by Gasteiger charge is -2.36. The molecule has 5 nitrogen and oxygen atoms in total. The van der Waals surface area contributed by atoms with Gasteiger partial charge in [-0.1, -0.05) is 13.0 Å². The van der Waals surface area contributed by atoms with Crippen LogP contribution in [-0.4, -0.2) is 49.3 Å². The van der Waals surface area contributed by atoms with Crippen LogP contribution in [0.2, 0.25) is 0 Å². The molecule has 1 heterocycles. The molecule has 0 amide bonds. The zero-order valence-electron chi connectivity index (χ0n) is 12.1. The third-order valence-corrected chi connectivity index (χ3v) is 3.52. The van der Waals surface area contributed by atoms with E-state index in [0.717, 1.165) is 18.7 Å². The number of benzene rings is 1. The fraction of sp³-hybridized carbons (Fsp3) is 0.533. The second kappa shape index (κ2) is 6.13. The average Bonchev–Trinajstić information content (AvgIpc) is 2.37. The van der Waals surface area contributed by atoms with E-state index < -0.39 is 11.9 Å². The molecule has 5 heteroatoms. The molecule has 1 fully saturated rings. The van der Waals surface area contributed by atoms with Gasteiger partial charge in [0, 0.05) is 13.1 Å². The van der Waals surface area contributed by atoms with E-state index in [4.69, 9.17) is 14.6 Å². The number of hydrogen-bond donors (Lipinski definition) is 1. The third kappa shape index (κ3) is 3.42. The summed E-state index contributed by atoms with van der Waals surface area (Å²) in [6, 6.07) is 5.61. The highest BCUT2D eigenvalue weighted by Gasteiger charge is 2.26. The summed E-state index contributed by atoms with van der Waals surface area (Å²) in [4.78, 5) is 13.1. The quantitative estimate of drug-likeness (QED) is 0.858. The van der Waals surface area contributed by atoms with Crippen molar-refractivity contribution in [3.8, 4) is 11.5 Å². The number of likely N-dealkylation sites (N-methyl/N-ethyl adjacent to an activating group) is 1. The number of aliphatic carboxylic acids is 1. The minimum atomic E-state index is -0.788. The Labute approximate surface area is 119 Å². The molecule has 1 aromatic carbocycles. The summed E-state index contributed by atoms with van der Waals surface area (Å²) in [7, 11) is 3.65. The van der Waals surface area contributed by atoms with E-state index in [2.05, 4.69) is 4.90 Å². The summed E-state index contributed by atoms with van der Waals surface area (Å²) in [6.07, 6.45) is 0.668. The predicted molar refractivity (Wildman–Crippen MR) is 75.4 cm³/mol. The molecule has 1 aliphatic heterocycles. The van der Waals surface area contributed by atoms with Gasteiger partial charge in [-0.2, -0.15) is 0 Å². The fourth-order valence-electron chi connectivity index (χ4n) is 2.28. The first kappa shape index (κ1) is 14.7. The lowest BCUT2D eigenvalue weighted by molar-refractivity contribution is -0.141. The van der Waals surface area contributed by atoms with Gasteiger partial charge < -0.3 is 14.6 Å². The molecular weight excluding hydrogens is 258 g/mol. The maximum atomic E-state index is 10.9. The summed E-state index contributed by atoms with van der Waals surface area (Å²) in [5.74, 6) is 0.182. The van der Waals surface area contributed by atoms with Crippen molar-refractivity contribution in [1.82, 2.24) is 4.90 Å². The van der Waals surface area contributed by atoms with Crippen LogP contribution in [-0.2, 0) is 11.2 Å². The Bertz CT molecular complexity index is 483. The van der Waals surface area contributed by atoms with Gasteiger partial charge in [0.2, 0.25) is 0 Å². The van der Waals surface area contributed by atoms with Gasteiger partial charge in [-0.25, -0.2) is 0 Å². The maximum Gasteiger partial charge on any atom is 0.306 e. The van der Waals surface area contributed by atoms with Crippen LogP contribution in [0.5, 0.6) is 11.5 Å². The molecule has 20 heavy (non-hydrogen) atoms. The van der Waals surface area contributed by atoms with Gasteiger partial charge in [0.25, 0.3) is 0 Å². The van der Waals surface area contributed by atoms with E-state index >= 15 is 0 Å². The van der Waals surface area contributed by atoms with Crippen molar-refractivity contribution in [3.05, 3.63) is 23.8 Å². The van der Waals surface area contributed by atoms with Crippen LogP contribution in [0.1, 0.15) is 12.5 Å². The van der Waals surface area contributed by atoms with Crippen molar-refractivity contribution in [2.75, 3.05) is 27.2 Å². The van der Waals surface area contributed by atoms with E-state index in [9.17, 15) is 4.79 Å². The monoisotopic (exact) mass is 279 g/mol. The van der Waals surface area contributed by atoms with Crippen LogP contribution < -0.4 is 9.47 Å². The molecule has 1 saturated heterocycles. The van der Waals surface area contributed by atoms with Crippen molar-refractivity contribution < 1.29 is 19.4 Å². The van der Waals surface area contributed by atoms with Crippen LogP contribution in [0.4, 0.5) is 0 Å². The Balaban J connectivity index is 2.09. The number of likely N-dealkylation sites (tertiary alicyclic amines) is 1. The maximum absolute atomic E-state index is 10.9. The summed E-state index contributed by atoms with van der Waals surface area (Å²) >= 11 is 0. The molecule has 0 bridgehead atoms. The van der Waals surface area contributed by atoms with Gasteiger partial charge >= 0.3 is 5.97 Å². The third-order valence-electron chi connectivity index (χ3n) is 3.52. The lowest BCUT2D eigenvalue weighted by Crippen LogP contribution is -2.51. The number of hydrogen-bond acceptors (Lipinski definition) is 4. The van der Waals surface area contributed by atoms with E-state index in [-0.39, 0.29) is 6.10 Å². The molecule has 0 saturated carbocycles. The number of rotatable bonds is 6. The van der Waals surface area contributed by atoms with Crippen molar-refractivity contribution in [3.63, 3.8) is 0 Å². The molecule has 110 valence electrons. The highest BCUT2D eigenvalue weighted by atomic mass is 16.5. The van der Waals surface area contributed by atoms with Gasteiger partial charge in [-0.05, 0) is 31.2 Å². The number of nitrogens with zero attached hydrogens (tertiary/aromatic N) is 1. The molecular formula is C15H21NO4. The molecule has 1 aliphatic rings. The number of carboxylic acid groups (broad SMARTS) is 1. The number of ether oxygens (including phenoxy) is 2. The minimum Gasteiger partial charge on any atom is -0.493 e. The Kier molecular flexibility index (Phi) is 4.49. The Hall–Kier alpha value is -1.75. The SMILES string of the molecule is COc1ccc(CC(C)C(=O)O)cc1OC1CN(C)C1. The predicted octanol–water partition coefficient (Wildman–Crippen LogP) is 1.65. The second-order valence-corrected chi connectivity index (χ2v) is 5.39. The van der Waals surface area contributed by atoms with Crippen molar-refractivity contribution in [2.45, 2.75) is 19.4 Å². The molecule has 1 unspecified atom stereocenters. The first-order valence-corrected chi connectivity index (χ1v) is 6.74. The number of methoxy groups -OCH3 is 1. The first-order chi connectivity index (χ1) is 9.49. The summed E-state index contributed by atoms with van der Waals surface area (Å²) in [5.41, 5.74) is 0.948. The highest BCUT2D eigenvalue weighted by molar-refractivity contribution is 5.70. The number of carboxylic acids is 1. The Morgan fingerprint density at radius 1 is 1.45 bits per heavy atom. The van der Waals surface area contributed by atoms with Crippen LogP contribution >= 0.6 is 0 Å². The summed E-state index contributed by atoms with van der Waals surface area (Å²) < 4.78 is 11.2. The topological polar surface area (TPSA) is 59.0 Å².